The maximum Gasteiger partial charge on any atom is 0.309 e. The van der Waals surface area contributed by atoms with Gasteiger partial charge in [-0.25, -0.2) is 4.98 Å². The van der Waals surface area contributed by atoms with E-state index in [9.17, 15) is 9.90 Å². The van der Waals surface area contributed by atoms with E-state index in [2.05, 4.69) is 84.7 Å². The van der Waals surface area contributed by atoms with Gasteiger partial charge in [0.15, 0.2) is 0 Å². The van der Waals surface area contributed by atoms with Crippen LogP contribution in [0.15, 0.2) is 78.0 Å². The van der Waals surface area contributed by atoms with Crippen LogP contribution in [0.1, 0.15) is 69.6 Å². The number of aryl methyl sites for hydroxylation is 2. The fraction of sp³-hybridized carbons (Fsp3) is 0.359. The molecule has 7 nitrogen and oxygen atoms in total. The number of hydrogen-bond acceptors (Lipinski definition) is 6. The van der Waals surface area contributed by atoms with Gasteiger partial charge in [0.05, 0.1) is 17.7 Å². The lowest BCUT2D eigenvalue weighted by atomic mass is 9.88. The van der Waals surface area contributed by atoms with Crippen molar-refractivity contribution in [2.75, 3.05) is 6.61 Å². The molecule has 0 aliphatic rings. The van der Waals surface area contributed by atoms with Gasteiger partial charge >= 0.3 is 5.97 Å². The van der Waals surface area contributed by atoms with Crippen molar-refractivity contribution in [3.63, 3.8) is 0 Å². The summed E-state index contributed by atoms with van der Waals surface area (Å²) in [5.74, 6) is 0.549. The topological polar surface area (TPSA) is 86.5 Å². The summed E-state index contributed by atoms with van der Waals surface area (Å²) in [6.45, 7) is 17.7. The van der Waals surface area contributed by atoms with Crippen LogP contribution in [0.2, 0.25) is 0 Å². The van der Waals surface area contributed by atoms with Crippen molar-refractivity contribution >= 4 is 28.6 Å². The van der Waals surface area contributed by atoms with E-state index in [1.165, 1.54) is 0 Å². The minimum atomic E-state index is -0.961. The molecule has 8 heteroatoms. The maximum atomic E-state index is 12.4. The summed E-state index contributed by atoms with van der Waals surface area (Å²) in [6, 6.07) is 20.7. The van der Waals surface area contributed by atoms with E-state index in [0.29, 0.717) is 32.1 Å². The van der Waals surface area contributed by atoms with Crippen LogP contribution < -0.4 is 9.47 Å². The highest BCUT2D eigenvalue weighted by Crippen LogP contribution is 2.44. The summed E-state index contributed by atoms with van der Waals surface area (Å²) in [4.78, 5) is 22.5. The van der Waals surface area contributed by atoms with E-state index >= 15 is 0 Å². The van der Waals surface area contributed by atoms with Gasteiger partial charge in [-0.05, 0) is 81.1 Å². The van der Waals surface area contributed by atoms with Crippen LogP contribution in [0.4, 0.5) is 0 Å². The van der Waals surface area contributed by atoms with Gasteiger partial charge in [0.1, 0.15) is 12.4 Å². The minimum absolute atomic E-state index is 0.103. The Morgan fingerprint density at radius 3 is 2.23 bits per heavy atom. The lowest BCUT2D eigenvalue weighted by Crippen LogP contribution is -2.28. The molecule has 2 aromatic carbocycles. The van der Waals surface area contributed by atoms with Crippen LogP contribution in [0.5, 0.6) is 11.6 Å². The number of rotatable bonds is 12. The van der Waals surface area contributed by atoms with Crippen molar-refractivity contribution in [3.05, 3.63) is 101 Å². The second kappa shape index (κ2) is 13.8. The lowest BCUT2D eigenvalue weighted by Gasteiger charge is -2.24. The molecule has 0 bridgehead atoms. The molecule has 0 saturated carbocycles. The fourth-order valence-electron chi connectivity index (χ4n) is 5.53. The number of carbonyl (C=O) groups is 1. The molecule has 0 aliphatic carbocycles. The largest absolute Gasteiger partial charge is 0.487 e. The van der Waals surface area contributed by atoms with E-state index in [1.54, 1.807) is 25.6 Å². The number of carboxylic acid groups (broad SMARTS) is 1. The van der Waals surface area contributed by atoms with Crippen molar-refractivity contribution in [1.29, 1.82) is 0 Å². The number of pyridine rings is 2. The van der Waals surface area contributed by atoms with Crippen LogP contribution in [0, 0.1) is 19.3 Å². The van der Waals surface area contributed by atoms with Crippen LogP contribution >= 0.6 is 11.8 Å². The monoisotopic (exact) mass is 651 g/mol. The Kier molecular flexibility index (Phi) is 10.0. The highest BCUT2D eigenvalue weighted by atomic mass is 32.2. The zero-order valence-electron chi connectivity index (χ0n) is 28.7. The van der Waals surface area contributed by atoms with Crippen LogP contribution in [-0.2, 0) is 24.4 Å². The first-order valence-electron chi connectivity index (χ1n) is 16.0. The summed E-state index contributed by atoms with van der Waals surface area (Å²) in [5.41, 5.74) is 7.43. The average molecular weight is 652 g/mol. The summed E-state index contributed by atoms with van der Waals surface area (Å²) in [7, 11) is 0. The van der Waals surface area contributed by atoms with Crippen molar-refractivity contribution < 1.29 is 19.4 Å². The standard InChI is InChI=1S/C39H45N3O4S/c1-9-45-35-17-14-29(22-41-35)28-12-10-27(11-13-28)23-42-33-16-15-30(46-24-32-26(3)18-25(2)21-40-32)19-31(33)36(47-38(4,5)6)34(42)20-39(7,8)37(43)44/h10-19,21-22H,9,20,23-24H2,1-8H3,(H,43,44). The number of fused-ring (bicyclic) bond motifs is 1. The van der Waals surface area contributed by atoms with Crippen LogP contribution in [0.3, 0.4) is 0 Å². The predicted molar refractivity (Wildman–Crippen MR) is 191 cm³/mol. The normalized spacial score (nSPS) is 12.0. The molecule has 0 amide bonds. The van der Waals surface area contributed by atoms with Crippen LogP contribution in [0.25, 0.3) is 22.0 Å². The van der Waals surface area contributed by atoms with Gasteiger partial charge in [-0.3, -0.25) is 9.78 Å². The van der Waals surface area contributed by atoms with Crippen molar-refractivity contribution in [2.45, 2.75) is 84.6 Å². The molecule has 0 atom stereocenters. The number of aromatic nitrogens is 3. The third kappa shape index (κ3) is 8.17. The van der Waals surface area contributed by atoms with Crippen molar-refractivity contribution in [2.24, 2.45) is 5.41 Å². The van der Waals surface area contributed by atoms with E-state index in [-0.39, 0.29) is 4.75 Å². The molecule has 3 heterocycles. The van der Waals surface area contributed by atoms with E-state index in [1.807, 2.05) is 44.4 Å². The molecule has 0 fully saturated rings. The fourth-order valence-corrected chi connectivity index (χ4v) is 6.72. The Bertz CT molecular complexity index is 1870. The second-order valence-electron chi connectivity index (χ2n) is 13.7. The maximum absolute atomic E-state index is 12.4. The van der Waals surface area contributed by atoms with Crippen molar-refractivity contribution in [1.82, 2.24) is 14.5 Å². The first-order chi connectivity index (χ1) is 22.2. The van der Waals surface area contributed by atoms with Crippen LogP contribution in [-0.4, -0.2) is 37.0 Å². The molecule has 0 unspecified atom stereocenters. The van der Waals surface area contributed by atoms with Gasteiger partial charge in [-0.15, -0.1) is 11.8 Å². The van der Waals surface area contributed by atoms with Crippen molar-refractivity contribution in [3.8, 4) is 22.8 Å². The predicted octanol–water partition coefficient (Wildman–Crippen LogP) is 9.29. The average Bonchev–Trinajstić information content (AvgIpc) is 3.27. The quantitative estimate of drug-likeness (QED) is 0.135. The zero-order valence-corrected chi connectivity index (χ0v) is 29.5. The number of benzene rings is 2. The Morgan fingerprint density at radius 2 is 1.62 bits per heavy atom. The number of ether oxygens (including phenoxy) is 2. The van der Waals surface area contributed by atoms with Gasteiger partial charge in [0.25, 0.3) is 0 Å². The molecule has 0 saturated heterocycles. The molecule has 246 valence electrons. The minimum Gasteiger partial charge on any atom is -0.487 e. The highest BCUT2D eigenvalue weighted by molar-refractivity contribution is 8.00. The summed E-state index contributed by atoms with van der Waals surface area (Å²) < 4.78 is 14.0. The Labute approximate surface area is 282 Å². The lowest BCUT2D eigenvalue weighted by molar-refractivity contribution is -0.146. The molecule has 5 aromatic rings. The van der Waals surface area contributed by atoms with Gasteiger partial charge in [-0.2, -0.15) is 0 Å². The second-order valence-corrected chi connectivity index (χ2v) is 15.5. The summed E-state index contributed by atoms with van der Waals surface area (Å²) in [6.07, 6.45) is 4.08. The summed E-state index contributed by atoms with van der Waals surface area (Å²) >= 11 is 1.77. The molecule has 3 aromatic heterocycles. The Morgan fingerprint density at radius 1 is 0.894 bits per heavy atom. The third-order valence-corrected chi connectivity index (χ3v) is 9.32. The highest BCUT2D eigenvalue weighted by Gasteiger charge is 2.33. The molecule has 1 N–H and O–H groups in total. The molecule has 0 radical (unpaired) electrons. The number of hydrogen-bond donors (Lipinski definition) is 1. The molecule has 5 rings (SSSR count). The van der Waals surface area contributed by atoms with Gasteiger partial charge < -0.3 is 19.1 Å². The number of aliphatic carboxylic acids is 1. The smallest absolute Gasteiger partial charge is 0.309 e. The Hall–Kier alpha value is -4.30. The van der Waals surface area contributed by atoms with Gasteiger partial charge in [0, 0.05) is 63.2 Å². The first-order valence-corrected chi connectivity index (χ1v) is 16.9. The Balaban J connectivity index is 1.55. The van der Waals surface area contributed by atoms with E-state index in [0.717, 1.165) is 60.8 Å². The molecule has 0 spiro atoms. The molecular formula is C39H45N3O4S. The third-order valence-electron chi connectivity index (χ3n) is 8.04. The molecule has 0 aliphatic heterocycles. The van der Waals surface area contributed by atoms with Gasteiger partial charge in [0.2, 0.25) is 5.88 Å². The zero-order chi connectivity index (χ0) is 33.9. The van der Waals surface area contributed by atoms with Gasteiger partial charge in [-0.1, -0.05) is 51.1 Å². The number of carboxylic acids is 1. The molecule has 47 heavy (non-hydrogen) atoms. The first kappa shape index (κ1) is 34.0. The number of nitrogens with zero attached hydrogens (tertiary/aromatic N) is 3. The van der Waals surface area contributed by atoms with E-state index in [4.69, 9.17) is 9.47 Å². The summed E-state index contributed by atoms with van der Waals surface area (Å²) in [5, 5.41) is 11.2. The number of thioether (sulfide) groups is 1. The molecular weight excluding hydrogens is 607 g/mol. The van der Waals surface area contributed by atoms with E-state index < -0.39 is 11.4 Å². The SMILES string of the molecule is CCOc1ccc(-c2ccc(Cn3c(CC(C)(C)C(=O)O)c(SC(C)(C)C)c4cc(OCc5ncc(C)cc5C)ccc43)cc2)cn1.